The molecule has 0 fully saturated rings. The van der Waals surface area contributed by atoms with Gasteiger partial charge in [0.25, 0.3) is 0 Å². The summed E-state index contributed by atoms with van der Waals surface area (Å²) in [6.07, 6.45) is 2.10. The second-order valence-corrected chi connectivity index (χ2v) is 6.22. The molecular formula is C16H21F2NO3S. The van der Waals surface area contributed by atoms with E-state index in [9.17, 15) is 18.4 Å². The number of esters is 1. The van der Waals surface area contributed by atoms with Crippen molar-refractivity contribution in [2.75, 3.05) is 12.4 Å². The van der Waals surface area contributed by atoms with Gasteiger partial charge in [-0.15, -0.1) is 11.8 Å². The van der Waals surface area contributed by atoms with Crippen LogP contribution in [0.4, 0.5) is 14.5 Å². The number of nitrogens with one attached hydrogen (secondary N) is 1. The van der Waals surface area contributed by atoms with Crippen LogP contribution in [0.3, 0.4) is 0 Å². The molecular weight excluding hydrogens is 324 g/mol. The van der Waals surface area contributed by atoms with E-state index in [2.05, 4.69) is 5.32 Å². The molecule has 1 aromatic rings. The Balaban J connectivity index is 3.01. The minimum atomic E-state index is -0.846. The predicted octanol–water partition coefficient (Wildman–Crippen LogP) is 4.14. The zero-order valence-electron chi connectivity index (χ0n) is 13.4. The molecule has 128 valence electrons. The van der Waals surface area contributed by atoms with Crippen molar-refractivity contribution in [1.29, 1.82) is 0 Å². The third kappa shape index (κ3) is 5.82. The van der Waals surface area contributed by atoms with Gasteiger partial charge in [-0.1, -0.05) is 20.3 Å². The van der Waals surface area contributed by atoms with E-state index in [1.165, 1.54) is 13.2 Å². The van der Waals surface area contributed by atoms with Crippen LogP contribution in [-0.2, 0) is 14.3 Å². The molecule has 0 radical (unpaired) electrons. The van der Waals surface area contributed by atoms with E-state index < -0.39 is 22.9 Å². The molecule has 0 aromatic heterocycles. The van der Waals surface area contributed by atoms with Crippen LogP contribution in [-0.4, -0.2) is 24.2 Å². The highest BCUT2D eigenvalue weighted by atomic mass is 32.2. The molecule has 0 saturated heterocycles. The molecule has 0 aliphatic heterocycles. The lowest BCUT2D eigenvalue weighted by Crippen LogP contribution is -2.19. The fourth-order valence-corrected chi connectivity index (χ4v) is 3.14. The largest absolute Gasteiger partial charge is 0.468 e. The van der Waals surface area contributed by atoms with Gasteiger partial charge in [0.2, 0.25) is 5.91 Å². The van der Waals surface area contributed by atoms with Gasteiger partial charge in [-0.3, -0.25) is 9.59 Å². The van der Waals surface area contributed by atoms with Gasteiger partial charge in [0.05, 0.1) is 12.8 Å². The maximum Gasteiger partial charge on any atom is 0.319 e. The van der Waals surface area contributed by atoms with Gasteiger partial charge in [0.1, 0.15) is 16.9 Å². The van der Waals surface area contributed by atoms with Gasteiger partial charge in [-0.25, -0.2) is 8.78 Å². The van der Waals surface area contributed by atoms with Gasteiger partial charge < -0.3 is 10.1 Å². The highest BCUT2D eigenvalue weighted by Crippen LogP contribution is 2.32. The van der Waals surface area contributed by atoms with Crippen molar-refractivity contribution < 1.29 is 23.1 Å². The van der Waals surface area contributed by atoms with E-state index in [1.54, 1.807) is 0 Å². The van der Waals surface area contributed by atoms with E-state index in [1.807, 2.05) is 13.8 Å². The molecule has 0 bridgehead atoms. The minimum Gasteiger partial charge on any atom is -0.468 e. The van der Waals surface area contributed by atoms with Gasteiger partial charge in [0, 0.05) is 17.4 Å². The lowest BCUT2D eigenvalue weighted by atomic mass is 10.2. The average molecular weight is 345 g/mol. The zero-order chi connectivity index (χ0) is 17.4. The molecule has 1 aromatic carbocycles. The van der Waals surface area contributed by atoms with Gasteiger partial charge in [-0.05, 0) is 18.9 Å². The van der Waals surface area contributed by atoms with Crippen molar-refractivity contribution in [3.05, 3.63) is 23.8 Å². The lowest BCUT2D eigenvalue weighted by Gasteiger charge is -2.15. The van der Waals surface area contributed by atoms with Gasteiger partial charge in [-0.2, -0.15) is 0 Å². The summed E-state index contributed by atoms with van der Waals surface area (Å²) in [6.45, 7) is 3.72. The first kappa shape index (κ1) is 19.4. The Morgan fingerprint density at radius 1 is 1.22 bits per heavy atom. The minimum absolute atomic E-state index is 0.0903. The van der Waals surface area contributed by atoms with Crippen molar-refractivity contribution >= 4 is 29.3 Å². The van der Waals surface area contributed by atoms with E-state index >= 15 is 0 Å². The number of anilines is 1. The SMILES string of the molecule is CCCC(=O)Nc1cc(SC(CCC)C(=O)OC)c(F)cc1F. The number of methoxy groups -OCH3 is 1. The van der Waals surface area contributed by atoms with Crippen LogP contribution in [0.1, 0.15) is 39.5 Å². The Bertz CT molecular complexity index is 567. The number of carbonyl (C=O) groups is 2. The molecule has 1 amide bonds. The number of hydrogen-bond donors (Lipinski definition) is 1. The van der Waals surface area contributed by atoms with Crippen molar-refractivity contribution in [2.24, 2.45) is 0 Å². The molecule has 0 saturated carbocycles. The molecule has 0 aliphatic rings. The summed E-state index contributed by atoms with van der Waals surface area (Å²) < 4.78 is 32.4. The van der Waals surface area contributed by atoms with E-state index in [-0.39, 0.29) is 22.9 Å². The predicted molar refractivity (Wildman–Crippen MR) is 86.5 cm³/mol. The van der Waals surface area contributed by atoms with E-state index in [0.717, 1.165) is 18.2 Å². The van der Waals surface area contributed by atoms with Gasteiger partial charge >= 0.3 is 5.97 Å². The summed E-state index contributed by atoms with van der Waals surface area (Å²) in [5.41, 5.74) is -0.0903. The Hall–Kier alpha value is -1.63. The molecule has 0 heterocycles. The van der Waals surface area contributed by atoms with Crippen molar-refractivity contribution in [3.8, 4) is 0 Å². The van der Waals surface area contributed by atoms with Crippen molar-refractivity contribution in [1.82, 2.24) is 0 Å². The number of carbonyl (C=O) groups excluding carboxylic acids is 2. The maximum atomic E-state index is 14.0. The number of thioether (sulfide) groups is 1. The zero-order valence-corrected chi connectivity index (χ0v) is 14.3. The van der Waals surface area contributed by atoms with Crippen LogP contribution in [0.25, 0.3) is 0 Å². The number of benzene rings is 1. The summed E-state index contributed by atoms with van der Waals surface area (Å²) in [5.74, 6) is -2.42. The van der Waals surface area contributed by atoms with Crippen molar-refractivity contribution in [2.45, 2.75) is 49.7 Å². The normalized spacial score (nSPS) is 11.9. The molecule has 23 heavy (non-hydrogen) atoms. The van der Waals surface area contributed by atoms with Crippen LogP contribution in [0, 0.1) is 11.6 Å². The quantitative estimate of drug-likeness (QED) is 0.568. The third-order valence-electron chi connectivity index (χ3n) is 3.06. The number of ether oxygens (including phenoxy) is 1. The van der Waals surface area contributed by atoms with E-state index in [0.29, 0.717) is 18.9 Å². The molecule has 7 heteroatoms. The number of amides is 1. The molecule has 1 N–H and O–H groups in total. The topological polar surface area (TPSA) is 55.4 Å². The summed E-state index contributed by atoms with van der Waals surface area (Å²) in [7, 11) is 1.27. The van der Waals surface area contributed by atoms with Crippen LogP contribution in [0.15, 0.2) is 17.0 Å². The number of halogens is 2. The van der Waals surface area contributed by atoms with Crippen LogP contribution < -0.4 is 5.32 Å². The maximum absolute atomic E-state index is 14.0. The van der Waals surface area contributed by atoms with Crippen LogP contribution in [0.2, 0.25) is 0 Å². The first-order valence-electron chi connectivity index (χ1n) is 7.46. The first-order valence-corrected chi connectivity index (χ1v) is 8.34. The fraction of sp³-hybridized carbons (Fsp3) is 0.500. The fourth-order valence-electron chi connectivity index (χ4n) is 1.93. The molecule has 1 rings (SSSR count). The Morgan fingerprint density at radius 3 is 2.48 bits per heavy atom. The second kappa shape index (κ2) is 9.50. The Morgan fingerprint density at radius 2 is 1.91 bits per heavy atom. The molecule has 4 nitrogen and oxygen atoms in total. The molecule has 1 atom stereocenters. The molecule has 0 spiro atoms. The van der Waals surface area contributed by atoms with Crippen molar-refractivity contribution in [3.63, 3.8) is 0 Å². The molecule has 1 unspecified atom stereocenters. The second-order valence-electron chi connectivity index (χ2n) is 4.98. The van der Waals surface area contributed by atoms with Crippen LogP contribution >= 0.6 is 11.8 Å². The number of rotatable bonds is 8. The van der Waals surface area contributed by atoms with Gasteiger partial charge in [0.15, 0.2) is 0 Å². The summed E-state index contributed by atoms with van der Waals surface area (Å²) in [6, 6.07) is 1.93. The summed E-state index contributed by atoms with van der Waals surface area (Å²) in [5, 5.41) is 1.84. The summed E-state index contributed by atoms with van der Waals surface area (Å²) >= 11 is 0.968. The standard InChI is InChI=1S/C16H21F2NO3S/c1-4-6-13(16(21)22-3)23-14-9-12(10(17)8-11(14)18)19-15(20)7-5-2/h8-9,13H,4-7H2,1-3H3,(H,19,20). The Kier molecular flexibility index (Phi) is 8.02. The highest BCUT2D eigenvalue weighted by molar-refractivity contribution is 8.00. The van der Waals surface area contributed by atoms with E-state index in [4.69, 9.17) is 4.74 Å². The average Bonchev–Trinajstić information content (AvgIpc) is 2.50. The third-order valence-corrected chi connectivity index (χ3v) is 4.34. The smallest absolute Gasteiger partial charge is 0.319 e. The number of hydrogen-bond acceptors (Lipinski definition) is 4. The van der Waals surface area contributed by atoms with Crippen LogP contribution in [0.5, 0.6) is 0 Å². The monoisotopic (exact) mass is 345 g/mol. The molecule has 0 aliphatic carbocycles. The lowest BCUT2D eigenvalue weighted by molar-refractivity contribution is -0.140. The highest BCUT2D eigenvalue weighted by Gasteiger charge is 2.22. The Labute approximate surface area is 139 Å². The first-order chi connectivity index (χ1) is 10.9. The summed E-state index contributed by atoms with van der Waals surface area (Å²) in [4.78, 5) is 23.4.